The third kappa shape index (κ3) is 3.49. The Morgan fingerprint density at radius 1 is 1.33 bits per heavy atom. The fourth-order valence-electron chi connectivity index (χ4n) is 2.28. The summed E-state index contributed by atoms with van der Waals surface area (Å²) in [7, 11) is 0. The van der Waals surface area contributed by atoms with E-state index in [1.807, 2.05) is 6.92 Å². The normalized spacial score (nSPS) is 22.0. The van der Waals surface area contributed by atoms with Crippen LogP contribution in [-0.2, 0) is 14.3 Å². The van der Waals surface area contributed by atoms with Crippen molar-refractivity contribution in [2.75, 3.05) is 6.61 Å². The van der Waals surface area contributed by atoms with Crippen LogP contribution >= 0.6 is 0 Å². The van der Waals surface area contributed by atoms with Crippen LogP contribution in [-0.4, -0.2) is 18.9 Å². The first-order valence-electron chi connectivity index (χ1n) is 5.98. The molecular formula is C12H22O3. The van der Waals surface area contributed by atoms with Crippen LogP contribution in [0.3, 0.4) is 0 Å². The molecule has 0 aromatic rings. The molecule has 3 heteroatoms. The molecule has 1 atom stereocenters. The van der Waals surface area contributed by atoms with Gasteiger partial charge in [0.05, 0.1) is 6.61 Å². The van der Waals surface area contributed by atoms with Crippen molar-refractivity contribution in [1.29, 1.82) is 0 Å². The highest BCUT2D eigenvalue weighted by atomic mass is 16.7. The molecule has 0 heterocycles. The van der Waals surface area contributed by atoms with Crippen molar-refractivity contribution >= 4 is 6.47 Å². The molecule has 0 aromatic heterocycles. The van der Waals surface area contributed by atoms with Crippen molar-refractivity contribution in [3.8, 4) is 0 Å². The summed E-state index contributed by atoms with van der Waals surface area (Å²) in [4.78, 5) is 10.5. The van der Waals surface area contributed by atoms with Crippen LogP contribution in [0.2, 0.25) is 0 Å². The third-order valence-electron chi connectivity index (χ3n) is 3.22. The summed E-state index contributed by atoms with van der Waals surface area (Å²) >= 11 is 0. The van der Waals surface area contributed by atoms with Crippen LogP contribution in [0.4, 0.5) is 0 Å². The molecule has 0 saturated heterocycles. The van der Waals surface area contributed by atoms with Gasteiger partial charge < -0.3 is 9.47 Å². The Kier molecular flexibility index (Phi) is 5.09. The number of ether oxygens (including phenoxy) is 2. The summed E-state index contributed by atoms with van der Waals surface area (Å²) < 4.78 is 10.9. The van der Waals surface area contributed by atoms with Gasteiger partial charge in [-0.3, -0.25) is 4.79 Å². The third-order valence-corrected chi connectivity index (χ3v) is 3.22. The molecule has 88 valence electrons. The van der Waals surface area contributed by atoms with Gasteiger partial charge in [0.2, 0.25) is 5.79 Å². The fraction of sp³-hybridized carbons (Fsp3) is 0.917. The summed E-state index contributed by atoms with van der Waals surface area (Å²) in [6.45, 7) is 5.13. The molecule has 3 nitrogen and oxygen atoms in total. The average Bonchev–Trinajstić information content (AvgIpc) is 2.28. The lowest BCUT2D eigenvalue weighted by molar-refractivity contribution is -0.241. The first-order valence-corrected chi connectivity index (χ1v) is 5.98. The van der Waals surface area contributed by atoms with E-state index in [-0.39, 0.29) is 0 Å². The molecule has 0 aromatic carbocycles. The Labute approximate surface area is 92.1 Å². The van der Waals surface area contributed by atoms with Crippen LogP contribution in [0.15, 0.2) is 0 Å². The molecule has 0 N–H and O–H groups in total. The molecule has 1 aliphatic rings. The minimum Gasteiger partial charge on any atom is -0.435 e. The van der Waals surface area contributed by atoms with Crippen LogP contribution in [0.25, 0.3) is 0 Å². The number of rotatable bonds is 6. The first-order chi connectivity index (χ1) is 7.23. The van der Waals surface area contributed by atoms with Crippen molar-refractivity contribution in [1.82, 2.24) is 0 Å². The van der Waals surface area contributed by atoms with Crippen molar-refractivity contribution in [3.05, 3.63) is 0 Å². The monoisotopic (exact) mass is 214 g/mol. The second-order valence-corrected chi connectivity index (χ2v) is 4.41. The molecule has 1 saturated carbocycles. The van der Waals surface area contributed by atoms with Crippen LogP contribution < -0.4 is 0 Å². The zero-order chi connectivity index (χ0) is 11.1. The number of carbonyl (C=O) groups excluding carboxylic acids is 1. The zero-order valence-corrected chi connectivity index (χ0v) is 9.83. The standard InChI is InChI=1S/C12H22O3/c1-3-9-14-12(2,15-10-13)11-7-5-4-6-8-11/h10-11H,3-9H2,1-2H3. The topological polar surface area (TPSA) is 35.5 Å². The maximum absolute atomic E-state index is 10.5. The van der Waals surface area contributed by atoms with E-state index in [0.717, 1.165) is 19.3 Å². The molecule has 0 aliphatic heterocycles. The van der Waals surface area contributed by atoms with Crippen molar-refractivity contribution in [2.45, 2.75) is 58.2 Å². The highest BCUT2D eigenvalue weighted by Crippen LogP contribution is 2.35. The molecule has 0 amide bonds. The van der Waals surface area contributed by atoms with Crippen molar-refractivity contribution < 1.29 is 14.3 Å². The summed E-state index contributed by atoms with van der Waals surface area (Å²) in [5.41, 5.74) is 0. The minimum absolute atomic E-state index is 0.364. The van der Waals surface area contributed by atoms with E-state index >= 15 is 0 Å². The Morgan fingerprint density at radius 2 is 2.00 bits per heavy atom. The fourth-order valence-corrected chi connectivity index (χ4v) is 2.28. The largest absolute Gasteiger partial charge is 0.435 e. The van der Waals surface area contributed by atoms with Gasteiger partial charge in [-0.05, 0) is 19.3 Å². The maximum atomic E-state index is 10.5. The molecule has 0 radical (unpaired) electrons. The lowest BCUT2D eigenvalue weighted by Gasteiger charge is -2.37. The second kappa shape index (κ2) is 6.11. The molecule has 1 unspecified atom stereocenters. The van der Waals surface area contributed by atoms with Gasteiger partial charge in [-0.2, -0.15) is 0 Å². The molecule has 1 rings (SSSR count). The van der Waals surface area contributed by atoms with E-state index in [1.54, 1.807) is 0 Å². The van der Waals surface area contributed by atoms with Gasteiger partial charge in [-0.1, -0.05) is 26.2 Å². The molecule has 1 fully saturated rings. The van der Waals surface area contributed by atoms with Gasteiger partial charge in [0.15, 0.2) is 0 Å². The summed E-state index contributed by atoms with van der Waals surface area (Å²) in [6, 6.07) is 0. The number of hydrogen-bond acceptors (Lipinski definition) is 3. The molecule has 15 heavy (non-hydrogen) atoms. The average molecular weight is 214 g/mol. The Hall–Kier alpha value is -0.570. The van der Waals surface area contributed by atoms with E-state index in [9.17, 15) is 4.79 Å². The lowest BCUT2D eigenvalue weighted by atomic mass is 9.83. The maximum Gasteiger partial charge on any atom is 0.295 e. The Balaban J connectivity index is 2.55. The van der Waals surface area contributed by atoms with E-state index in [2.05, 4.69) is 6.92 Å². The van der Waals surface area contributed by atoms with Crippen LogP contribution in [0.1, 0.15) is 52.4 Å². The smallest absolute Gasteiger partial charge is 0.295 e. The second-order valence-electron chi connectivity index (χ2n) is 4.41. The molecule has 1 aliphatic carbocycles. The Morgan fingerprint density at radius 3 is 2.53 bits per heavy atom. The minimum atomic E-state index is -0.696. The van der Waals surface area contributed by atoms with Crippen molar-refractivity contribution in [2.24, 2.45) is 5.92 Å². The van der Waals surface area contributed by atoms with Crippen molar-refractivity contribution in [3.63, 3.8) is 0 Å². The van der Waals surface area contributed by atoms with E-state index < -0.39 is 5.79 Å². The lowest BCUT2D eigenvalue weighted by Crippen LogP contribution is -2.41. The van der Waals surface area contributed by atoms with Gasteiger partial charge in [0.25, 0.3) is 6.47 Å². The predicted octanol–water partition coefficient (Wildman–Crippen LogP) is 2.88. The quantitative estimate of drug-likeness (QED) is 0.504. The number of hydrogen-bond donors (Lipinski definition) is 0. The number of carbonyl (C=O) groups is 1. The molecular weight excluding hydrogens is 192 g/mol. The predicted molar refractivity (Wildman–Crippen MR) is 58.4 cm³/mol. The first kappa shape index (κ1) is 12.5. The zero-order valence-electron chi connectivity index (χ0n) is 9.83. The van der Waals surface area contributed by atoms with Crippen LogP contribution in [0.5, 0.6) is 0 Å². The van der Waals surface area contributed by atoms with Gasteiger partial charge >= 0.3 is 0 Å². The summed E-state index contributed by atoms with van der Waals surface area (Å²) in [6.07, 6.45) is 6.89. The van der Waals surface area contributed by atoms with Gasteiger partial charge in [-0.25, -0.2) is 0 Å². The Bertz CT molecular complexity index is 187. The molecule has 0 spiro atoms. The van der Waals surface area contributed by atoms with E-state index in [0.29, 0.717) is 19.0 Å². The summed E-state index contributed by atoms with van der Waals surface area (Å²) in [5.74, 6) is -0.332. The highest BCUT2D eigenvalue weighted by molar-refractivity contribution is 5.38. The van der Waals surface area contributed by atoms with E-state index in [1.165, 1.54) is 19.3 Å². The summed E-state index contributed by atoms with van der Waals surface area (Å²) in [5, 5.41) is 0. The van der Waals surface area contributed by atoms with Crippen LogP contribution in [0, 0.1) is 5.92 Å². The van der Waals surface area contributed by atoms with E-state index in [4.69, 9.17) is 9.47 Å². The SMILES string of the molecule is CCCOC(C)(OC=O)C1CCCCC1. The van der Waals surface area contributed by atoms with Gasteiger partial charge in [0, 0.05) is 12.8 Å². The van der Waals surface area contributed by atoms with Gasteiger partial charge in [0.1, 0.15) is 0 Å². The highest BCUT2D eigenvalue weighted by Gasteiger charge is 2.37. The van der Waals surface area contributed by atoms with Gasteiger partial charge in [-0.15, -0.1) is 0 Å². The molecule has 0 bridgehead atoms.